The van der Waals surface area contributed by atoms with Crippen molar-refractivity contribution in [1.82, 2.24) is 0 Å². The first kappa shape index (κ1) is 15.3. The number of hydrogen-bond acceptors (Lipinski definition) is 6. The van der Waals surface area contributed by atoms with Gasteiger partial charge in [0.05, 0.1) is 10.6 Å². The summed E-state index contributed by atoms with van der Waals surface area (Å²) in [5, 5.41) is 10.6. The smallest absolute Gasteiger partial charge is 0.304 e. The molecule has 0 radical (unpaired) electrons. The predicted molar refractivity (Wildman–Crippen MR) is 82.1 cm³/mol. The highest BCUT2D eigenvalue weighted by Crippen LogP contribution is 2.35. The second-order valence-corrected chi connectivity index (χ2v) is 7.44. The van der Waals surface area contributed by atoms with Crippen LogP contribution in [-0.4, -0.2) is 13.3 Å². The maximum atomic E-state index is 12.3. The number of hydrogen-bond donors (Lipinski definition) is 2. The molecule has 112 valence electrons. The third kappa shape index (κ3) is 2.98. The number of sulfonamides is 1. The summed E-state index contributed by atoms with van der Waals surface area (Å²) in [5.74, 6) is 0. The summed E-state index contributed by atoms with van der Waals surface area (Å²) in [5.41, 5.74) is 7.06. The zero-order valence-electron chi connectivity index (χ0n) is 11.3. The van der Waals surface area contributed by atoms with Crippen LogP contribution in [0.25, 0.3) is 0 Å². The minimum atomic E-state index is -3.91. The van der Waals surface area contributed by atoms with Gasteiger partial charge in [-0.1, -0.05) is 29.5 Å². The number of nitrogens with zero attached hydrogens (tertiary/aromatic N) is 1. The molecule has 0 fully saturated rings. The van der Waals surface area contributed by atoms with E-state index in [0.717, 1.165) is 17.2 Å². The molecule has 3 N–H and O–H groups in total. The molecule has 0 amide bonds. The van der Waals surface area contributed by atoms with E-state index in [1.165, 1.54) is 0 Å². The zero-order chi connectivity index (χ0) is 15.8. The van der Waals surface area contributed by atoms with Crippen LogP contribution in [0.5, 0.6) is 0 Å². The average molecular weight is 327 g/mol. The Morgan fingerprint density at radius 1 is 1.29 bits per heavy atom. The topological polar surface area (TPSA) is 115 Å². The van der Waals surface area contributed by atoms with Crippen LogP contribution in [0.4, 0.5) is 16.4 Å². The van der Waals surface area contributed by atoms with E-state index < -0.39 is 20.6 Å². The van der Waals surface area contributed by atoms with Crippen molar-refractivity contribution in [2.75, 3.05) is 10.5 Å². The lowest BCUT2D eigenvalue weighted by Crippen LogP contribution is -2.13. The van der Waals surface area contributed by atoms with Gasteiger partial charge in [0, 0.05) is 6.07 Å². The highest BCUT2D eigenvalue weighted by molar-refractivity contribution is 7.94. The molecule has 0 aliphatic heterocycles. The molecule has 0 bridgehead atoms. The third-order valence-electron chi connectivity index (χ3n) is 2.90. The molecule has 0 aliphatic rings. The molecule has 21 heavy (non-hydrogen) atoms. The van der Waals surface area contributed by atoms with Gasteiger partial charge in [-0.05, 0) is 25.0 Å². The number of anilines is 2. The van der Waals surface area contributed by atoms with E-state index >= 15 is 0 Å². The molecule has 9 heteroatoms. The third-order valence-corrected chi connectivity index (χ3v) is 5.67. The van der Waals surface area contributed by atoms with Crippen LogP contribution in [0.2, 0.25) is 0 Å². The lowest BCUT2D eigenvalue weighted by atomic mass is 10.1. The molecular weight excluding hydrogens is 314 g/mol. The van der Waals surface area contributed by atoms with Crippen molar-refractivity contribution in [3.63, 3.8) is 0 Å². The number of rotatable bonds is 4. The summed E-state index contributed by atoms with van der Waals surface area (Å²) in [6.07, 6.45) is 0. The number of nitrogens with two attached hydrogens (primary N) is 1. The Balaban J connectivity index is 2.44. The highest BCUT2D eigenvalue weighted by atomic mass is 32.2. The molecule has 0 spiro atoms. The Morgan fingerprint density at radius 2 is 1.86 bits per heavy atom. The van der Waals surface area contributed by atoms with Crippen LogP contribution in [0.3, 0.4) is 0 Å². The van der Waals surface area contributed by atoms with Crippen LogP contribution >= 0.6 is 11.3 Å². The van der Waals surface area contributed by atoms with Crippen molar-refractivity contribution >= 4 is 37.7 Å². The van der Waals surface area contributed by atoms with Crippen LogP contribution in [-0.2, 0) is 10.0 Å². The Morgan fingerprint density at radius 3 is 2.33 bits per heavy atom. The Kier molecular flexibility index (Phi) is 3.88. The van der Waals surface area contributed by atoms with Gasteiger partial charge < -0.3 is 5.73 Å². The number of nitrogens with one attached hydrogen (secondary N) is 1. The number of nitrogen functional groups attached to an aromatic ring is 1. The van der Waals surface area contributed by atoms with Gasteiger partial charge in [-0.3, -0.25) is 14.8 Å². The summed E-state index contributed by atoms with van der Waals surface area (Å²) < 4.78 is 26.9. The van der Waals surface area contributed by atoms with Crippen molar-refractivity contribution in [3.05, 3.63) is 45.5 Å². The van der Waals surface area contributed by atoms with Gasteiger partial charge in [0.1, 0.15) is 4.21 Å². The second-order valence-electron chi connectivity index (χ2n) is 4.44. The number of nitro groups is 1. The quantitative estimate of drug-likeness (QED) is 0.661. The summed E-state index contributed by atoms with van der Waals surface area (Å²) in [7, 11) is -3.91. The van der Waals surface area contributed by atoms with E-state index in [2.05, 4.69) is 4.72 Å². The normalized spacial score (nSPS) is 11.3. The molecule has 1 aromatic heterocycles. The van der Waals surface area contributed by atoms with E-state index in [1.807, 2.05) is 6.07 Å². The summed E-state index contributed by atoms with van der Waals surface area (Å²) in [4.78, 5) is 10.0. The molecule has 0 unspecified atom stereocenters. The van der Waals surface area contributed by atoms with E-state index in [4.69, 9.17) is 5.73 Å². The molecular formula is C12H13N3O4S2. The molecule has 1 heterocycles. The first-order chi connectivity index (χ1) is 9.72. The van der Waals surface area contributed by atoms with Crippen molar-refractivity contribution in [3.8, 4) is 0 Å². The monoisotopic (exact) mass is 327 g/mol. The molecule has 1 aromatic carbocycles. The number of aryl methyl sites for hydroxylation is 2. The Hall–Kier alpha value is -2.13. The van der Waals surface area contributed by atoms with Crippen LogP contribution in [0.15, 0.2) is 28.5 Å². The fourth-order valence-corrected chi connectivity index (χ4v) is 4.22. The molecule has 0 saturated carbocycles. The predicted octanol–water partition coefficient (Wildman–Crippen LogP) is 2.66. The molecule has 0 atom stereocenters. The Bertz CT molecular complexity index is 792. The van der Waals surface area contributed by atoms with Crippen molar-refractivity contribution in [2.24, 2.45) is 0 Å². The zero-order valence-corrected chi connectivity index (χ0v) is 12.9. The number of para-hydroxylation sites is 1. The fraction of sp³-hybridized carbons (Fsp3) is 0.167. The SMILES string of the molecule is Cc1cccc(C)c1NS(=O)(=O)c1cc([N+](=O)[O-])c(N)s1. The lowest BCUT2D eigenvalue weighted by molar-refractivity contribution is -0.383. The van der Waals surface area contributed by atoms with Crippen molar-refractivity contribution in [2.45, 2.75) is 18.1 Å². The maximum absolute atomic E-state index is 12.3. The van der Waals surface area contributed by atoms with E-state index in [1.54, 1.807) is 26.0 Å². The minimum Gasteiger partial charge on any atom is -0.385 e. The first-order valence-corrected chi connectivity index (χ1v) is 8.15. The maximum Gasteiger partial charge on any atom is 0.304 e. The molecule has 0 aliphatic carbocycles. The van der Waals surface area contributed by atoms with Gasteiger partial charge in [0.25, 0.3) is 10.0 Å². The molecule has 0 saturated heterocycles. The average Bonchev–Trinajstić information content (AvgIpc) is 2.77. The number of thiophene rings is 1. The standard InChI is InChI=1S/C12H13N3O4S2/c1-7-4-3-5-8(2)11(7)14-21(18,19)10-6-9(15(16)17)12(13)20-10/h3-6,14H,13H2,1-2H3. The van der Waals surface area contributed by atoms with Crippen LogP contribution in [0, 0.1) is 24.0 Å². The van der Waals surface area contributed by atoms with Crippen molar-refractivity contribution < 1.29 is 13.3 Å². The van der Waals surface area contributed by atoms with Crippen molar-refractivity contribution in [1.29, 1.82) is 0 Å². The largest absolute Gasteiger partial charge is 0.385 e. The first-order valence-electron chi connectivity index (χ1n) is 5.85. The van der Waals surface area contributed by atoms with E-state index in [-0.39, 0.29) is 9.21 Å². The lowest BCUT2D eigenvalue weighted by Gasteiger charge is -2.11. The fourth-order valence-electron chi connectivity index (χ4n) is 1.81. The summed E-state index contributed by atoms with van der Waals surface area (Å²) >= 11 is 0.666. The van der Waals surface area contributed by atoms with Crippen LogP contribution in [0.1, 0.15) is 11.1 Å². The van der Waals surface area contributed by atoms with Gasteiger partial charge in [-0.15, -0.1) is 0 Å². The Labute approximate surface area is 125 Å². The van der Waals surface area contributed by atoms with Gasteiger partial charge >= 0.3 is 5.69 Å². The van der Waals surface area contributed by atoms with Gasteiger partial charge in [0.15, 0.2) is 5.00 Å². The van der Waals surface area contributed by atoms with Gasteiger partial charge in [-0.2, -0.15) is 0 Å². The summed E-state index contributed by atoms with van der Waals surface area (Å²) in [6, 6.07) is 6.33. The summed E-state index contributed by atoms with van der Waals surface area (Å²) in [6.45, 7) is 3.55. The highest BCUT2D eigenvalue weighted by Gasteiger charge is 2.25. The minimum absolute atomic E-state index is 0.137. The van der Waals surface area contributed by atoms with Gasteiger partial charge in [0.2, 0.25) is 0 Å². The van der Waals surface area contributed by atoms with Crippen LogP contribution < -0.4 is 10.5 Å². The molecule has 7 nitrogen and oxygen atoms in total. The number of benzene rings is 1. The van der Waals surface area contributed by atoms with Gasteiger partial charge in [-0.25, -0.2) is 8.42 Å². The second kappa shape index (κ2) is 5.34. The van der Waals surface area contributed by atoms with E-state index in [9.17, 15) is 18.5 Å². The van der Waals surface area contributed by atoms with E-state index in [0.29, 0.717) is 17.0 Å². The molecule has 2 rings (SSSR count). The molecule has 2 aromatic rings.